The molecule has 3 nitrogen and oxygen atoms in total. The van der Waals surface area contributed by atoms with E-state index in [1.807, 2.05) is 0 Å². The maximum Gasteiger partial charge on any atom is 0.424 e. The molecule has 0 aliphatic carbocycles. The van der Waals surface area contributed by atoms with Crippen molar-refractivity contribution in [3.8, 4) is 5.75 Å². The van der Waals surface area contributed by atoms with Crippen molar-refractivity contribution in [2.24, 2.45) is 4.99 Å². The number of benzene rings is 3. The molecule has 0 bridgehead atoms. The van der Waals surface area contributed by atoms with Gasteiger partial charge in [-0.05, 0) is 64.7 Å². The van der Waals surface area contributed by atoms with Gasteiger partial charge in [-0.2, -0.15) is 13.2 Å². The summed E-state index contributed by atoms with van der Waals surface area (Å²) in [4.78, 5) is 4.34. The highest BCUT2D eigenvalue weighted by Gasteiger charge is 2.56. The summed E-state index contributed by atoms with van der Waals surface area (Å²) in [5.41, 5.74) is -1.77. The third-order valence-electron chi connectivity index (χ3n) is 5.14. The third-order valence-corrected chi connectivity index (χ3v) is 5.39. The molecule has 0 fully saturated rings. The van der Waals surface area contributed by atoms with Crippen LogP contribution in [0.4, 0.5) is 17.6 Å². The monoisotopic (exact) mass is 449 g/mol. The minimum absolute atomic E-state index is 0.145. The lowest BCUT2D eigenvalue weighted by Crippen LogP contribution is -2.47. The zero-order valence-electron chi connectivity index (χ0n) is 15.9. The van der Waals surface area contributed by atoms with Gasteiger partial charge in [0.1, 0.15) is 24.2 Å². The standard InChI is InChI=1S/C23H16ClF4NO2/c24-17-4-8-19(9-5-17)31-13-22(30,23(26,27)28)16-3-10-20-15(11-16)12-29-21(20)14-1-6-18(25)7-2-14/h1-12,21,30H,13H2. The fraction of sp³-hybridized carbons (Fsp3) is 0.174. The number of rotatable bonds is 5. The summed E-state index contributed by atoms with van der Waals surface area (Å²) in [6, 6.07) is 15.0. The SMILES string of the molecule is OC(COc1ccc(Cl)cc1)(c1ccc2c(c1)C=NC2c1ccc(F)cc1)C(F)(F)F. The highest BCUT2D eigenvalue weighted by Crippen LogP contribution is 2.42. The average Bonchev–Trinajstić information content (AvgIpc) is 3.16. The summed E-state index contributed by atoms with van der Waals surface area (Å²) in [5, 5.41) is 11.0. The second kappa shape index (κ2) is 7.98. The molecule has 1 heterocycles. The molecule has 160 valence electrons. The van der Waals surface area contributed by atoms with Crippen molar-refractivity contribution in [2.45, 2.75) is 17.8 Å². The first kappa shape index (κ1) is 21.3. The van der Waals surface area contributed by atoms with Gasteiger partial charge in [-0.1, -0.05) is 35.9 Å². The van der Waals surface area contributed by atoms with Crippen LogP contribution in [0, 0.1) is 5.82 Å². The van der Waals surface area contributed by atoms with E-state index in [0.717, 1.165) is 0 Å². The zero-order valence-corrected chi connectivity index (χ0v) is 16.7. The van der Waals surface area contributed by atoms with Crippen LogP contribution in [-0.2, 0) is 5.60 Å². The van der Waals surface area contributed by atoms with Crippen molar-refractivity contribution < 1.29 is 27.4 Å². The van der Waals surface area contributed by atoms with E-state index in [9.17, 15) is 22.7 Å². The van der Waals surface area contributed by atoms with Crippen LogP contribution in [0.15, 0.2) is 71.7 Å². The topological polar surface area (TPSA) is 41.8 Å². The predicted octanol–water partition coefficient (Wildman–Crippen LogP) is 5.83. The summed E-state index contributed by atoms with van der Waals surface area (Å²) in [7, 11) is 0. The first-order valence-corrected chi connectivity index (χ1v) is 9.66. The number of aliphatic imine (C=N–C) groups is 1. The van der Waals surface area contributed by atoms with Crippen molar-refractivity contribution in [1.82, 2.24) is 0 Å². The van der Waals surface area contributed by atoms with Crippen LogP contribution < -0.4 is 4.74 Å². The van der Waals surface area contributed by atoms with Gasteiger partial charge in [0.25, 0.3) is 0 Å². The van der Waals surface area contributed by atoms with Crippen LogP contribution in [0.1, 0.15) is 28.3 Å². The largest absolute Gasteiger partial charge is 0.490 e. The summed E-state index contributed by atoms with van der Waals surface area (Å²) in [6.07, 6.45) is -3.54. The van der Waals surface area contributed by atoms with E-state index in [1.165, 1.54) is 60.8 Å². The Morgan fingerprint density at radius 1 is 0.968 bits per heavy atom. The van der Waals surface area contributed by atoms with Gasteiger partial charge in [-0.3, -0.25) is 4.99 Å². The number of hydrogen-bond donors (Lipinski definition) is 1. The molecule has 2 atom stereocenters. The fourth-order valence-corrected chi connectivity index (χ4v) is 3.51. The lowest BCUT2D eigenvalue weighted by atomic mass is 9.89. The quantitative estimate of drug-likeness (QED) is 0.498. The molecule has 3 aromatic rings. The number of nitrogens with zero attached hydrogens (tertiary/aromatic N) is 1. The van der Waals surface area contributed by atoms with Gasteiger partial charge < -0.3 is 9.84 Å². The third kappa shape index (κ3) is 4.16. The molecule has 4 rings (SSSR count). The van der Waals surface area contributed by atoms with Crippen LogP contribution >= 0.6 is 11.6 Å². The Labute approximate surface area is 180 Å². The van der Waals surface area contributed by atoms with Crippen molar-refractivity contribution in [2.75, 3.05) is 6.61 Å². The minimum Gasteiger partial charge on any atom is -0.490 e. The molecule has 0 amide bonds. The summed E-state index contributed by atoms with van der Waals surface area (Å²) in [6.45, 7) is -1.03. The van der Waals surface area contributed by atoms with Crippen LogP contribution in [0.5, 0.6) is 5.75 Å². The molecule has 3 aromatic carbocycles. The number of alkyl halides is 3. The molecule has 1 aliphatic heterocycles. The zero-order chi connectivity index (χ0) is 22.2. The second-order valence-electron chi connectivity index (χ2n) is 7.18. The van der Waals surface area contributed by atoms with E-state index < -0.39 is 30.2 Å². The van der Waals surface area contributed by atoms with Crippen molar-refractivity contribution in [3.63, 3.8) is 0 Å². The highest BCUT2D eigenvalue weighted by molar-refractivity contribution is 6.30. The van der Waals surface area contributed by atoms with Crippen molar-refractivity contribution >= 4 is 17.8 Å². The van der Waals surface area contributed by atoms with E-state index in [2.05, 4.69) is 4.99 Å². The number of fused-ring (bicyclic) bond motifs is 1. The van der Waals surface area contributed by atoms with Gasteiger partial charge >= 0.3 is 6.18 Å². The van der Waals surface area contributed by atoms with E-state index in [1.54, 1.807) is 12.1 Å². The summed E-state index contributed by atoms with van der Waals surface area (Å²) < 4.78 is 60.0. The van der Waals surface area contributed by atoms with Gasteiger partial charge in [0.05, 0.1) is 0 Å². The van der Waals surface area contributed by atoms with Crippen molar-refractivity contribution in [3.05, 3.63) is 99.8 Å². The lowest BCUT2D eigenvalue weighted by Gasteiger charge is -2.31. The van der Waals surface area contributed by atoms with Crippen LogP contribution in [-0.4, -0.2) is 24.1 Å². The van der Waals surface area contributed by atoms with Gasteiger partial charge in [-0.25, -0.2) is 4.39 Å². The molecule has 0 saturated carbocycles. The Kier molecular flexibility index (Phi) is 5.49. The lowest BCUT2D eigenvalue weighted by molar-refractivity contribution is -0.275. The molecular formula is C23H16ClF4NO2. The molecule has 0 saturated heterocycles. The molecule has 1 N–H and O–H groups in total. The first-order chi connectivity index (χ1) is 14.7. The second-order valence-corrected chi connectivity index (χ2v) is 7.61. The smallest absolute Gasteiger partial charge is 0.424 e. The van der Waals surface area contributed by atoms with Crippen molar-refractivity contribution in [1.29, 1.82) is 0 Å². The van der Waals surface area contributed by atoms with Gasteiger partial charge in [0.15, 0.2) is 0 Å². The van der Waals surface area contributed by atoms with Gasteiger partial charge in [-0.15, -0.1) is 0 Å². The molecule has 0 aromatic heterocycles. The fourth-order valence-electron chi connectivity index (χ4n) is 3.39. The predicted molar refractivity (Wildman–Crippen MR) is 109 cm³/mol. The van der Waals surface area contributed by atoms with E-state index in [4.69, 9.17) is 16.3 Å². The van der Waals surface area contributed by atoms with Gasteiger partial charge in [0, 0.05) is 11.2 Å². The van der Waals surface area contributed by atoms with Crippen LogP contribution in [0.25, 0.3) is 0 Å². The Balaban J connectivity index is 1.63. The van der Waals surface area contributed by atoms with E-state index in [0.29, 0.717) is 21.7 Å². The van der Waals surface area contributed by atoms with E-state index in [-0.39, 0.29) is 11.3 Å². The highest BCUT2D eigenvalue weighted by atomic mass is 35.5. The molecular weight excluding hydrogens is 434 g/mol. The van der Waals surface area contributed by atoms with Gasteiger partial charge in [0.2, 0.25) is 5.60 Å². The molecule has 8 heteroatoms. The van der Waals surface area contributed by atoms with E-state index >= 15 is 0 Å². The maximum absolute atomic E-state index is 13.9. The molecule has 0 spiro atoms. The Morgan fingerprint density at radius 2 is 1.65 bits per heavy atom. The normalized spacial score (nSPS) is 17.3. The molecule has 0 radical (unpaired) electrons. The number of aliphatic hydroxyl groups is 1. The Morgan fingerprint density at radius 3 is 2.29 bits per heavy atom. The molecule has 31 heavy (non-hydrogen) atoms. The minimum atomic E-state index is -4.99. The number of halogens is 5. The molecule has 1 aliphatic rings. The first-order valence-electron chi connectivity index (χ1n) is 9.28. The number of ether oxygens (including phenoxy) is 1. The maximum atomic E-state index is 13.9. The Bertz CT molecular complexity index is 1110. The summed E-state index contributed by atoms with van der Waals surface area (Å²) >= 11 is 5.77. The molecule has 2 unspecified atom stereocenters. The average molecular weight is 450 g/mol. The van der Waals surface area contributed by atoms with Crippen LogP contribution in [0.2, 0.25) is 5.02 Å². The Hall–Kier alpha value is -2.90. The number of hydrogen-bond acceptors (Lipinski definition) is 3. The van der Waals surface area contributed by atoms with Crippen LogP contribution in [0.3, 0.4) is 0 Å². The summed E-state index contributed by atoms with van der Waals surface area (Å²) in [5.74, 6) is -0.247.